The van der Waals surface area contributed by atoms with Crippen molar-refractivity contribution >= 4 is 17.5 Å². The maximum atomic E-state index is 13.3. The third-order valence-corrected chi connectivity index (χ3v) is 3.31. The number of hydrogen-bond acceptors (Lipinski definition) is 2. The van der Waals surface area contributed by atoms with Crippen molar-refractivity contribution in [2.45, 2.75) is 38.8 Å². The van der Waals surface area contributed by atoms with E-state index in [0.717, 1.165) is 6.42 Å². The first-order valence-corrected chi connectivity index (χ1v) is 6.64. The summed E-state index contributed by atoms with van der Waals surface area (Å²) in [7, 11) is 1.66. The summed E-state index contributed by atoms with van der Waals surface area (Å²) in [5, 5.41) is 0.0763. The monoisotopic (exact) mass is 286 g/mol. The molecule has 0 radical (unpaired) electrons. The molecule has 0 aliphatic heterocycles. The number of nitrogens with two attached hydrogens (primary N) is 1. The molecule has 3 nitrogen and oxygen atoms in total. The Morgan fingerprint density at radius 1 is 1.53 bits per heavy atom. The third-order valence-electron chi connectivity index (χ3n) is 3.01. The van der Waals surface area contributed by atoms with Crippen LogP contribution in [0.3, 0.4) is 0 Å². The molecule has 2 N–H and O–H groups in total. The van der Waals surface area contributed by atoms with Crippen LogP contribution in [0.25, 0.3) is 0 Å². The van der Waals surface area contributed by atoms with Crippen LogP contribution >= 0.6 is 11.6 Å². The molecule has 0 saturated heterocycles. The van der Waals surface area contributed by atoms with Crippen LogP contribution in [-0.4, -0.2) is 23.4 Å². The largest absolute Gasteiger partial charge is 0.340 e. The van der Waals surface area contributed by atoms with Crippen LogP contribution in [0, 0.1) is 5.82 Å². The van der Waals surface area contributed by atoms with Gasteiger partial charge in [0, 0.05) is 13.6 Å². The van der Waals surface area contributed by atoms with E-state index in [9.17, 15) is 9.18 Å². The Morgan fingerprint density at radius 2 is 2.16 bits per heavy atom. The Bertz CT molecular complexity index is 463. The predicted molar refractivity (Wildman–Crippen MR) is 75.4 cm³/mol. The second kappa shape index (κ2) is 6.35. The molecule has 0 aliphatic rings. The second-order valence-electron chi connectivity index (χ2n) is 5.08. The van der Waals surface area contributed by atoms with Crippen molar-refractivity contribution in [2.75, 3.05) is 7.05 Å². The summed E-state index contributed by atoms with van der Waals surface area (Å²) in [5.74, 6) is -0.631. The van der Waals surface area contributed by atoms with Crippen LogP contribution in [0.2, 0.25) is 5.02 Å². The number of halogens is 2. The smallest absolute Gasteiger partial charge is 0.242 e. The van der Waals surface area contributed by atoms with E-state index in [1.54, 1.807) is 20.0 Å². The minimum Gasteiger partial charge on any atom is -0.340 e. The lowest BCUT2D eigenvalue weighted by Gasteiger charge is -2.29. The van der Waals surface area contributed by atoms with Gasteiger partial charge in [0.15, 0.2) is 0 Å². The van der Waals surface area contributed by atoms with E-state index in [1.165, 1.54) is 17.0 Å². The molecule has 0 spiro atoms. The van der Waals surface area contributed by atoms with Crippen molar-refractivity contribution in [1.82, 2.24) is 4.90 Å². The van der Waals surface area contributed by atoms with E-state index in [4.69, 9.17) is 17.3 Å². The normalized spacial score (nSPS) is 14.0. The van der Waals surface area contributed by atoms with E-state index >= 15 is 0 Å². The predicted octanol–water partition coefficient (Wildman–Crippen LogP) is 2.96. The van der Waals surface area contributed by atoms with Crippen molar-refractivity contribution in [3.63, 3.8) is 0 Å². The summed E-state index contributed by atoms with van der Waals surface area (Å²) in [4.78, 5) is 13.7. The molecule has 0 aliphatic carbocycles. The van der Waals surface area contributed by atoms with Gasteiger partial charge >= 0.3 is 0 Å². The summed E-state index contributed by atoms with van der Waals surface area (Å²) < 4.78 is 13.3. The van der Waals surface area contributed by atoms with Crippen LogP contribution in [0.1, 0.15) is 32.3 Å². The summed E-state index contributed by atoms with van der Waals surface area (Å²) in [6, 6.07) is 4.51. The first kappa shape index (κ1) is 15.9. The number of rotatable bonds is 5. The Balaban J connectivity index is 2.76. The van der Waals surface area contributed by atoms with Gasteiger partial charge in [0.1, 0.15) is 5.82 Å². The van der Waals surface area contributed by atoms with Crippen molar-refractivity contribution in [3.05, 3.63) is 34.6 Å². The average Bonchev–Trinajstić information content (AvgIpc) is 2.32. The van der Waals surface area contributed by atoms with Crippen molar-refractivity contribution in [1.29, 1.82) is 0 Å². The molecule has 1 aromatic carbocycles. The molecule has 5 heteroatoms. The highest BCUT2D eigenvalue weighted by atomic mass is 35.5. The molecular formula is C14H20ClFN2O. The maximum Gasteiger partial charge on any atom is 0.242 e. The molecule has 19 heavy (non-hydrogen) atoms. The molecule has 1 amide bonds. The third kappa shape index (κ3) is 4.18. The van der Waals surface area contributed by atoms with E-state index in [-0.39, 0.29) is 10.9 Å². The van der Waals surface area contributed by atoms with Gasteiger partial charge in [-0.1, -0.05) is 31.0 Å². The molecule has 0 bridgehead atoms. The number of hydrogen-bond donors (Lipinski definition) is 1. The first-order valence-electron chi connectivity index (χ1n) is 6.26. The van der Waals surface area contributed by atoms with Crippen molar-refractivity contribution in [2.24, 2.45) is 5.73 Å². The lowest BCUT2D eigenvalue weighted by atomic mass is 9.96. The van der Waals surface area contributed by atoms with Crippen molar-refractivity contribution < 1.29 is 9.18 Å². The van der Waals surface area contributed by atoms with Gasteiger partial charge in [-0.3, -0.25) is 4.79 Å². The zero-order valence-electron chi connectivity index (χ0n) is 11.5. The van der Waals surface area contributed by atoms with E-state index in [1.807, 2.05) is 6.92 Å². The number of likely N-dealkylation sites (N-methyl/N-ethyl adjacent to an activating group) is 1. The van der Waals surface area contributed by atoms with Crippen LogP contribution in [0.15, 0.2) is 18.2 Å². The van der Waals surface area contributed by atoms with E-state index in [2.05, 4.69) is 0 Å². The number of carbonyl (C=O) groups excluding carboxylic acids is 1. The Hall–Kier alpha value is -1.13. The quantitative estimate of drug-likeness (QED) is 0.904. The first-order chi connectivity index (χ1) is 8.77. The molecule has 1 unspecified atom stereocenters. The van der Waals surface area contributed by atoms with Gasteiger partial charge in [-0.05, 0) is 31.0 Å². The molecule has 1 aromatic rings. The highest BCUT2D eigenvalue weighted by Crippen LogP contribution is 2.18. The number of amides is 1. The molecule has 0 fully saturated rings. The number of nitrogens with zero attached hydrogens (tertiary/aromatic N) is 1. The molecule has 1 rings (SSSR count). The van der Waals surface area contributed by atoms with Crippen LogP contribution in [0.5, 0.6) is 0 Å². The van der Waals surface area contributed by atoms with Gasteiger partial charge < -0.3 is 10.6 Å². The van der Waals surface area contributed by atoms with Gasteiger partial charge in [0.25, 0.3) is 0 Å². The summed E-state index contributed by atoms with van der Waals surface area (Å²) in [6.07, 6.45) is 1.45. The van der Waals surface area contributed by atoms with E-state index < -0.39 is 11.4 Å². The highest BCUT2D eigenvalue weighted by molar-refractivity contribution is 6.30. The van der Waals surface area contributed by atoms with Crippen molar-refractivity contribution in [3.8, 4) is 0 Å². The molecule has 0 saturated carbocycles. The molecular weight excluding hydrogens is 267 g/mol. The standard InChI is InChI=1S/C14H20ClFN2O/c1-4-7-14(2,17)13(19)18(3)9-10-5-6-11(15)12(16)8-10/h5-6,8H,4,7,9,17H2,1-3H3. The van der Waals surface area contributed by atoms with Gasteiger partial charge in [-0.25, -0.2) is 4.39 Å². The van der Waals surface area contributed by atoms with Gasteiger partial charge in [-0.15, -0.1) is 0 Å². The molecule has 106 valence electrons. The van der Waals surface area contributed by atoms with Gasteiger partial charge in [0.2, 0.25) is 5.91 Å². The Kier molecular flexibility index (Phi) is 5.32. The second-order valence-corrected chi connectivity index (χ2v) is 5.48. The number of carbonyl (C=O) groups is 1. The molecule has 0 aromatic heterocycles. The summed E-state index contributed by atoms with van der Waals surface area (Å²) in [5.41, 5.74) is 5.80. The van der Waals surface area contributed by atoms with Crippen LogP contribution in [0.4, 0.5) is 4.39 Å². The minimum atomic E-state index is -0.880. The molecule has 1 atom stereocenters. The Morgan fingerprint density at radius 3 is 2.68 bits per heavy atom. The fourth-order valence-electron chi connectivity index (χ4n) is 2.05. The minimum absolute atomic E-state index is 0.0763. The van der Waals surface area contributed by atoms with Gasteiger partial charge in [-0.2, -0.15) is 0 Å². The fourth-order valence-corrected chi connectivity index (χ4v) is 2.16. The maximum absolute atomic E-state index is 13.3. The molecule has 0 heterocycles. The lowest BCUT2D eigenvalue weighted by Crippen LogP contribution is -2.51. The lowest BCUT2D eigenvalue weighted by molar-refractivity contribution is -0.135. The summed E-state index contributed by atoms with van der Waals surface area (Å²) >= 11 is 5.62. The Labute approximate surface area is 118 Å². The topological polar surface area (TPSA) is 46.3 Å². The SMILES string of the molecule is CCCC(C)(N)C(=O)N(C)Cc1ccc(Cl)c(F)c1. The van der Waals surface area contributed by atoms with Gasteiger partial charge in [0.05, 0.1) is 10.6 Å². The fraction of sp³-hybridized carbons (Fsp3) is 0.500. The average molecular weight is 287 g/mol. The summed E-state index contributed by atoms with van der Waals surface area (Å²) in [6.45, 7) is 4.01. The number of benzene rings is 1. The zero-order valence-corrected chi connectivity index (χ0v) is 12.3. The highest BCUT2D eigenvalue weighted by Gasteiger charge is 2.30. The van der Waals surface area contributed by atoms with Crippen LogP contribution in [-0.2, 0) is 11.3 Å². The van der Waals surface area contributed by atoms with Crippen LogP contribution < -0.4 is 5.73 Å². The zero-order chi connectivity index (χ0) is 14.6. The van der Waals surface area contributed by atoms with E-state index in [0.29, 0.717) is 18.5 Å².